The van der Waals surface area contributed by atoms with E-state index in [-0.39, 0.29) is 24.1 Å². The maximum atomic E-state index is 13.1. The fourth-order valence-electron chi connectivity index (χ4n) is 1.41. The lowest BCUT2D eigenvalue weighted by atomic mass is 10.2. The Labute approximate surface area is 117 Å². The third kappa shape index (κ3) is 5.71. The van der Waals surface area contributed by atoms with Gasteiger partial charge in [0.1, 0.15) is 5.82 Å². The summed E-state index contributed by atoms with van der Waals surface area (Å²) < 4.78 is 13.1. The summed E-state index contributed by atoms with van der Waals surface area (Å²) >= 11 is 1.54. The summed E-state index contributed by atoms with van der Waals surface area (Å²) in [6, 6.07) is 4.62. The molecule has 102 valence electrons. The lowest BCUT2D eigenvalue weighted by molar-refractivity contribution is -0.121. The van der Waals surface area contributed by atoms with Gasteiger partial charge in [0.05, 0.1) is 0 Å². The second-order valence-electron chi connectivity index (χ2n) is 3.59. The minimum absolute atomic E-state index is 0. The van der Waals surface area contributed by atoms with E-state index in [1.807, 2.05) is 6.26 Å². The van der Waals surface area contributed by atoms with Crippen molar-refractivity contribution in [3.8, 4) is 0 Å². The van der Waals surface area contributed by atoms with E-state index in [0.29, 0.717) is 19.5 Å². The molecule has 0 fully saturated rings. The summed E-state index contributed by atoms with van der Waals surface area (Å²) in [5, 5.41) is 5.68. The van der Waals surface area contributed by atoms with E-state index in [4.69, 9.17) is 0 Å². The van der Waals surface area contributed by atoms with Crippen LogP contribution in [0.2, 0.25) is 0 Å². The van der Waals surface area contributed by atoms with Crippen LogP contribution in [0.1, 0.15) is 12.0 Å². The van der Waals surface area contributed by atoms with Crippen molar-refractivity contribution in [2.45, 2.75) is 17.9 Å². The van der Waals surface area contributed by atoms with Crippen LogP contribution in [0.4, 0.5) is 4.39 Å². The molecular formula is C12H18ClFN2OS. The topological polar surface area (TPSA) is 41.1 Å². The van der Waals surface area contributed by atoms with E-state index in [1.54, 1.807) is 24.9 Å². The number of amides is 1. The Bertz CT molecular complexity index is 390. The minimum Gasteiger partial charge on any atom is -0.352 e. The van der Waals surface area contributed by atoms with Gasteiger partial charge in [-0.2, -0.15) is 0 Å². The summed E-state index contributed by atoms with van der Waals surface area (Å²) in [5.41, 5.74) is 0.815. The Hall–Kier alpha value is -0.780. The van der Waals surface area contributed by atoms with Gasteiger partial charge in [0.15, 0.2) is 0 Å². The molecule has 0 aromatic heterocycles. The first-order chi connectivity index (χ1) is 8.17. The molecule has 2 N–H and O–H groups in total. The number of carbonyl (C=O) groups is 1. The largest absolute Gasteiger partial charge is 0.352 e. The molecule has 0 saturated carbocycles. The smallest absolute Gasteiger partial charge is 0.221 e. The molecule has 1 amide bonds. The van der Waals surface area contributed by atoms with E-state index in [2.05, 4.69) is 10.6 Å². The fourth-order valence-corrected chi connectivity index (χ4v) is 2.00. The second-order valence-corrected chi connectivity index (χ2v) is 4.43. The zero-order valence-electron chi connectivity index (χ0n) is 10.5. The zero-order valence-corrected chi connectivity index (χ0v) is 12.1. The molecule has 18 heavy (non-hydrogen) atoms. The molecule has 1 aromatic carbocycles. The van der Waals surface area contributed by atoms with E-state index < -0.39 is 0 Å². The number of rotatable bonds is 6. The molecule has 1 aromatic rings. The first-order valence-corrected chi connectivity index (χ1v) is 6.63. The van der Waals surface area contributed by atoms with Gasteiger partial charge in [0.25, 0.3) is 0 Å². The van der Waals surface area contributed by atoms with Crippen molar-refractivity contribution in [1.82, 2.24) is 10.6 Å². The Balaban J connectivity index is 0.00000289. The summed E-state index contributed by atoms with van der Waals surface area (Å²) in [4.78, 5) is 12.4. The average Bonchev–Trinajstić information content (AvgIpc) is 2.34. The van der Waals surface area contributed by atoms with Crippen molar-refractivity contribution >= 4 is 30.1 Å². The van der Waals surface area contributed by atoms with Crippen molar-refractivity contribution < 1.29 is 9.18 Å². The average molecular weight is 293 g/mol. The standard InChI is InChI=1S/C12H17FN2OS.ClH/c1-14-6-5-12(16)15-8-9-7-10(13)3-4-11(9)17-2;/h3-4,7,14H,5-6,8H2,1-2H3,(H,15,16);1H. The summed E-state index contributed by atoms with van der Waals surface area (Å²) in [5.74, 6) is -0.307. The second kappa shape index (κ2) is 9.19. The summed E-state index contributed by atoms with van der Waals surface area (Å²) in [7, 11) is 1.80. The van der Waals surface area contributed by atoms with Gasteiger partial charge < -0.3 is 10.6 Å². The summed E-state index contributed by atoms with van der Waals surface area (Å²) in [6.45, 7) is 1.01. The van der Waals surface area contributed by atoms with Gasteiger partial charge in [0, 0.05) is 24.4 Å². The van der Waals surface area contributed by atoms with E-state index >= 15 is 0 Å². The highest BCUT2D eigenvalue weighted by Crippen LogP contribution is 2.21. The van der Waals surface area contributed by atoms with E-state index in [1.165, 1.54) is 12.1 Å². The van der Waals surface area contributed by atoms with Crippen LogP contribution in [0.25, 0.3) is 0 Å². The van der Waals surface area contributed by atoms with Gasteiger partial charge in [-0.1, -0.05) is 0 Å². The minimum atomic E-state index is -0.276. The molecule has 0 heterocycles. The molecule has 0 aliphatic carbocycles. The van der Waals surface area contributed by atoms with Crippen LogP contribution in [-0.2, 0) is 11.3 Å². The van der Waals surface area contributed by atoms with Gasteiger partial charge in [0.2, 0.25) is 5.91 Å². The Morgan fingerprint density at radius 1 is 1.44 bits per heavy atom. The van der Waals surface area contributed by atoms with Crippen LogP contribution in [0.3, 0.4) is 0 Å². The van der Waals surface area contributed by atoms with Crippen LogP contribution in [0.15, 0.2) is 23.1 Å². The van der Waals surface area contributed by atoms with Crippen LogP contribution in [0, 0.1) is 5.82 Å². The maximum absolute atomic E-state index is 13.1. The number of benzene rings is 1. The monoisotopic (exact) mass is 292 g/mol. The van der Waals surface area contributed by atoms with Crippen LogP contribution in [-0.4, -0.2) is 25.8 Å². The van der Waals surface area contributed by atoms with Crippen LogP contribution in [0.5, 0.6) is 0 Å². The molecule has 0 unspecified atom stereocenters. The number of hydrogen-bond donors (Lipinski definition) is 2. The van der Waals surface area contributed by atoms with Crippen molar-refractivity contribution in [3.05, 3.63) is 29.6 Å². The lowest BCUT2D eigenvalue weighted by Gasteiger charge is -2.09. The lowest BCUT2D eigenvalue weighted by Crippen LogP contribution is -2.26. The molecule has 0 aliphatic rings. The fraction of sp³-hybridized carbons (Fsp3) is 0.417. The quantitative estimate of drug-likeness (QED) is 0.790. The number of halogens is 2. The van der Waals surface area contributed by atoms with Gasteiger partial charge >= 0.3 is 0 Å². The SMILES string of the molecule is CNCCC(=O)NCc1cc(F)ccc1SC.Cl. The molecule has 1 rings (SSSR count). The highest BCUT2D eigenvalue weighted by Gasteiger charge is 2.05. The predicted molar refractivity (Wildman–Crippen MR) is 75.8 cm³/mol. The molecule has 6 heteroatoms. The Kier molecular flexibility index (Phi) is 8.79. The van der Waals surface area contributed by atoms with Crippen LogP contribution >= 0.6 is 24.2 Å². The molecule has 0 saturated heterocycles. The Morgan fingerprint density at radius 3 is 2.78 bits per heavy atom. The highest BCUT2D eigenvalue weighted by atomic mass is 35.5. The Morgan fingerprint density at radius 2 is 2.17 bits per heavy atom. The van der Waals surface area contributed by atoms with E-state index in [9.17, 15) is 9.18 Å². The van der Waals surface area contributed by atoms with Crippen molar-refractivity contribution in [1.29, 1.82) is 0 Å². The third-order valence-corrected chi connectivity index (χ3v) is 3.16. The molecule has 0 bridgehead atoms. The molecule has 0 aliphatic heterocycles. The predicted octanol–water partition coefficient (Wildman–Crippen LogP) is 2.20. The third-order valence-electron chi connectivity index (χ3n) is 2.32. The van der Waals surface area contributed by atoms with Crippen molar-refractivity contribution in [3.63, 3.8) is 0 Å². The molecule has 3 nitrogen and oxygen atoms in total. The van der Waals surface area contributed by atoms with Crippen molar-refractivity contribution in [2.24, 2.45) is 0 Å². The normalized spacial score (nSPS) is 9.72. The first kappa shape index (κ1) is 17.2. The molecule has 0 radical (unpaired) electrons. The van der Waals surface area contributed by atoms with E-state index in [0.717, 1.165) is 10.5 Å². The van der Waals surface area contributed by atoms with Gasteiger partial charge in [-0.15, -0.1) is 24.2 Å². The molecule has 0 spiro atoms. The van der Waals surface area contributed by atoms with Crippen molar-refractivity contribution in [2.75, 3.05) is 19.8 Å². The van der Waals surface area contributed by atoms with Gasteiger partial charge in [-0.05, 0) is 37.1 Å². The summed E-state index contributed by atoms with van der Waals surface area (Å²) in [6.07, 6.45) is 2.36. The molecular weight excluding hydrogens is 275 g/mol. The number of nitrogens with one attached hydrogen (secondary N) is 2. The first-order valence-electron chi connectivity index (χ1n) is 5.41. The van der Waals surface area contributed by atoms with Gasteiger partial charge in [-0.3, -0.25) is 4.79 Å². The maximum Gasteiger partial charge on any atom is 0.221 e. The van der Waals surface area contributed by atoms with Gasteiger partial charge in [-0.25, -0.2) is 4.39 Å². The number of carbonyl (C=O) groups excluding carboxylic acids is 1. The molecule has 0 atom stereocenters. The number of thioether (sulfide) groups is 1. The van der Waals surface area contributed by atoms with Crippen LogP contribution < -0.4 is 10.6 Å². The highest BCUT2D eigenvalue weighted by molar-refractivity contribution is 7.98. The zero-order chi connectivity index (χ0) is 12.7. The number of hydrogen-bond acceptors (Lipinski definition) is 3.